The monoisotopic (exact) mass is 1090 g/mol. The predicted molar refractivity (Wildman–Crippen MR) is 278 cm³/mol. The Bertz CT molecular complexity index is 1960. The zero-order valence-electron chi connectivity index (χ0n) is 44.5. The molecule has 11 aliphatic rings. The molecule has 4 fully saturated rings. The molecule has 0 radical (unpaired) electrons. The molecule has 0 amide bonds. The maximum absolute atomic E-state index is 6.22. The summed E-state index contributed by atoms with van der Waals surface area (Å²) in [5, 5.41) is 0. The van der Waals surface area contributed by atoms with Crippen LogP contribution in [0.4, 0.5) is 0 Å². The smallest absolute Gasteiger partial charge is 0.183 e. The molecule has 4 aromatic carbocycles. The third-order valence-electron chi connectivity index (χ3n) is 13.1. The second-order valence-corrected chi connectivity index (χ2v) is 19.4. The molecule has 20 heteroatoms. The van der Waals surface area contributed by atoms with Crippen molar-refractivity contribution in [3.63, 3.8) is 0 Å². The Morgan fingerprint density at radius 3 is 0.603 bits per heavy atom. The molecule has 0 saturated carbocycles. The molecule has 20 nitrogen and oxygen atoms in total. The summed E-state index contributed by atoms with van der Waals surface area (Å²) in [6.07, 6.45) is -2.12. The van der Waals surface area contributed by atoms with Gasteiger partial charge in [0.1, 0.15) is 49.4 Å². The number of benzene rings is 4. The zero-order chi connectivity index (χ0) is 53.2. The van der Waals surface area contributed by atoms with Gasteiger partial charge in [-0.3, -0.25) is 0 Å². The van der Waals surface area contributed by atoms with E-state index < -0.39 is 36.0 Å². The van der Waals surface area contributed by atoms with E-state index in [1.807, 2.05) is 97.1 Å². The van der Waals surface area contributed by atoms with Crippen molar-refractivity contribution in [2.45, 2.75) is 25.2 Å². The van der Waals surface area contributed by atoms with E-state index in [0.29, 0.717) is 208 Å². The fourth-order valence-corrected chi connectivity index (χ4v) is 8.88. The fourth-order valence-electron chi connectivity index (χ4n) is 8.88. The van der Waals surface area contributed by atoms with Gasteiger partial charge in [0.15, 0.2) is 25.2 Å². The SMILES string of the molecule is c1cc2cc(c1)C1OCC3(CO1)COC(OC3)c1cccc(c1)OCCOCCOCCOCCOCCOc1cccc(c1)C1OCC3(COC(OC3)c3cccc(c3)OCCOCCOCCOCCOCCO2)CO1. The Morgan fingerprint density at radius 2 is 0.410 bits per heavy atom. The van der Waals surface area contributed by atoms with Crippen LogP contribution < -0.4 is 18.9 Å². The van der Waals surface area contributed by atoms with E-state index in [2.05, 4.69) is 0 Å². The highest BCUT2D eigenvalue weighted by atomic mass is 16.7. The second-order valence-electron chi connectivity index (χ2n) is 19.4. The average molecular weight is 1090 g/mol. The molecule has 11 aliphatic heterocycles. The van der Waals surface area contributed by atoms with E-state index in [0.717, 1.165) is 22.3 Å². The third-order valence-corrected chi connectivity index (χ3v) is 13.1. The first-order valence-electron chi connectivity index (χ1n) is 27.1. The van der Waals surface area contributed by atoms with Crippen molar-refractivity contribution in [2.24, 2.45) is 10.8 Å². The van der Waals surface area contributed by atoms with Crippen molar-refractivity contribution in [1.29, 1.82) is 0 Å². The standard InChI is InChI=1S/C58H76O20/c1-5-45-33-49(9-1)67-29-25-63-21-17-59-13-14-60-18-22-64-27-31-69-51-11-3-7-47(35-51)55-75-41-58(42-76-55)43-77-56(78-44-58)48-8-4-12-52(36-48)70-32-28-66-24-20-62-16-15-61-19-23-65-26-30-68-50-10-2-6-46(34-50)54-73-39-57(40-74-54)37-71-53(45)72-38-57/h1-12,33-36,53-56H,13-32,37-44H2. The number of hydrogen-bond donors (Lipinski definition) is 0. The summed E-state index contributed by atoms with van der Waals surface area (Å²) in [5.74, 6) is 2.81. The summed E-state index contributed by atoms with van der Waals surface area (Å²) in [4.78, 5) is 0. The molecule has 78 heavy (non-hydrogen) atoms. The number of ether oxygens (including phenoxy) is 20. The van der Waals surface area contributed by atoms with Crippen LogP contribution in [0.5, 0.6) is 23.0 Å². The minimum atomic E-state index is -0.531. The second kappa shape index (κ2) is 32.0. The van der Waals surface area contributed by atoms with E-state index in [1.165, 1.54) is 0 Å². The van der Waals surface area contributed by atoms with Crippen LogP contribution in [0.3, 0.4) is 0 Å². The third kappa shape index (κ3) is 18.8. The van der Waals surface area contributed by atoms with Crippen LogP contribution in [0.15, 0.2) is 97.1 Å². The first-order chi connectivity index (χ1) is 38.6. The van der Waals surface area contributed by atoms with Crippen LogP contribution in [0.1, 0.15) is 47.4 Å². The van der Waals surface area contributed by atoms with E-state index >= 15 is 0 Å². The Kier molecular flexibility index (Phi) is 23.9. The van der Waals surface area contributed by atoms with Crippen molar-refractivity contribution < 1.29 is 94.7 Å². The average Bonchev–Trinajstić information content (AvgIpc) is 3.49. The highest BCUT2D eigenvalue weighted by molar-refractivity contribution is 5.32. The summed E-state index contributed by atoms with van der Waals surface area (Å²) in [7, 11) is 0. The molecule has 15 rings (SSSR count). The lowest BCUT2D eigenvalue weighted by Gasteiger charge is -2.43. The van der Waals surface area contributed by atoms with Gasteiger partial charge in [-0.15, -0.1) is 0 Å². The molecule has 0 aliphatic carbocycles. The number of rotatable bonds is 0. The molecule has 0 N–H and O–H groups in total. The van der Waals surface area contributed by atoms with Crippen molar-refractivity contribution in [3.8, 4) is 23.0 Å². The molecular weight excluding hydrogens is 1020 g/mol. The predicted octanol–water partition coefficient (Wildman–Crippen LogP) is 6.60. The van der Waals surface area contributed by atoms with Crippen molar-refractivity contribution in [3.05, 3.63) is 119 Å². The van der Waals surface area contributed by atoms with Gasteiger partial charge in [-0.1, -0.05) is 48.5 Å². The molecule has 428 valence electrons. The Hall–Kier alpha value is -4.56. The largest absolute Gasteiger partial charge is 0.491 e. The van der Waals surface area contributed by atoms with Crippen molar-refractivity contribution >= 4 is 0 Å². The Morgan fingerprint density at radius 1 is 0.231 bits per heavy atom. The van der Waals surface area contributed by atoms with Crippen LogP contribution in [0, 0.1) is 10.8 Å². The lowest BCUT2D eigenvalue weighted by Crippen LogP contribution is -2.49. The van der Waals surface area contributed by atoms with Gasteiger partial charge in [-0.25, -0.2) is 0 Å². The van der Waals surface area contributed by atoms with Gasteiger partial charge in [0.05, 0.1) is 169 Å². The minimum absolute atomic E-state index is 0.384. The van der Waals surface area contributed by atoms with E-state index in [1.54, 1.807) is 0 Å². The quantitative estimate of drug-likeness (QED) is 0.183. The first kappa shape index (κ1) is 58.1. The molecule has 0 unspecified atom stereocenters. The molecular formula is C58H76O20. The normalized spacial score (nSPS) is 28.3. The lowest BCUT2D eigenvalue weighted by atomic mass is 9.90. The molecule has 4 aromatic rings. The molecule has 0 atom stereocenters. The van der Waals surface area contributed by atoms with Crippen LogP contribution in [0.25, 0.3) is 0 Å². The number of hydrogen-bond acceptors (Lipinski definition) is 20. The Balaban J connectivity index is 0.676. The van der Waals surface area contributed by atoms with Gasteiger partial charge in [0, 0.05) is 22.3 Å². The maximum Gasteiger partial charge on any atom is 0.183 e. The molecule has 0 aromatic heterocycles. The van der Waals surface area contributed by atoms with E-state index in [9.17, 15) is 0 Å². The zero-order valence-corrected chi connectivity index (χ0v) is 44.5. The van der Waals surface area contributed by atoms with Gasteiger partial charge in [-0.2, -0.15) is 0 Å². The summed E-state index contributed by atoms with van der Waals surface area (Å²) in [6, 6.07) is 30.8. The fraction of sp³-hybridized carbons (Fsp3) is 0.586. The summed E-state index contributed by atoms with van der Waals surface area (Å²) in [5.41, 5.74) is 2.64. The van der Waals surface area contributed by atoms with Gasteiger partial charge >= 0.3 is 0 Å². The van der Waals surface area contributed by atoms with Gasteiger partial charge < -0.3 is 94.7 Å². The maximum atomic E-state index is 6.22. The van der Waals surface area contributed by atoms with Crippen LogP contribution in [-0.4, -0.2) is 185 Å². The van der Waals surface area contributed by atoms with Crippen LogP contribution in [0.2, 0.25) is 0 Å². The highest BCUT2D eigenvalue weighted by Gasteiger charge is 2.44. The lowest BCUT2D eigenvalue weighted by molar-refractivity contribution is -0.307. The summed E-state index contributed by atoms with van der Waals surface area (Å²) < 4.78 is 119. The molecule has 14 bridgehead atoms. The minimum Gasteiger partial charge on any atom is -0.491 e. The van der Waals surface area contributed by atoms with E-state index in [-0.39, 0.29) is 0 Å². The van der Waals surface area contributed by atoms with Gasteiger partial charge in [0.2, 0.25) is 0 Å². The molecule has 11 heterocycles. The summed E-state index contributed by atoms with van der Waals surface area (Å²) in [6.45, 7) is 12.0. The van der Waals surface area contributed by atoms with E-state index in [4.69, 9.17) is 94.7 Å². The topological polar surface area (TPSA) is 185 Å². The van der Waals surface area contributed by atoms with Crippen LogP contribution in [-0.2, 0) is 75.8 Å². The van der Waals surface area contributed by atoms with Gasteiger partial charge in [0.25, 0.3) is 0 Å². The first-order valence-corrected chi connectivity index (χ1v) is 27.1. The van der Waals surface area contributed by atoms with Crippen molar-refractivity contribution in [1.82, 2.24) is 0 Å². The van der Waals surface area contributed by atoms with Gasteiger partial charge in [-0.05, 0) is 48.5 Å². The van der Waals surface area contributed by atoms with Crippen molar-refractivity contribution in [2.75, 3.05) is 185 Å². The molecule has 2 spiro atoms. The molecule has 4 saturated heterocycles. The van der Waals surface area contributed by atoms with Crippen LogP contribution >= 0.6 is 0 Å². The Labute approximate surface area is 456 Å². The summed E-state index contributed by atoms with van der Waals surface area (Å²) >= 11 is 0. The highest BCUT2D eigenvalue weighted by Crippen LogP contribution is 2.41.